The molecule has 0 aliphatic heterocycles. The predicted molar refractivity (Wildman–Crippen MR) is 77.5 cm³/mol. The molecule has 0 fully saturated rings. The summed E-state index contributed by atoms with van der Waals surface area (Å²) >= 11 is 0. The minimum Gasteiger partial charge on any atom is -0.350 e. The molecule has 1 rings (SSSR count). The van der Waals surface area contributed by atoms with Crippen molar-refractivity contribution in [2.45, 2.75) is 53.1 Å². The maximum absolute atomic E-state index is 11.8. The Hall–Kier alpha value is -1.42. The van der Waals surface area contributed by atoms with Crippen LogP contribution in [0.25, 0.3) is 0 Å². The van der Waals surface area contributed by atoms with Crippen LogP contribution in [0.3, 0.4) is 0 Å². The molecule has 1 aromatic rings. The smallest absolute Gasteiger partial charge is 0.221 e. The summed E-state index contributed by atoms with van der Waals surface area (Å²) in [6.45, 7) is 8.83. The Balaban J connectivity index is 2.38. The molecule has 0 aliphatic rings. The number of nitrogens with one attached hydrogen (secondary N) is 1. The van der Waals surface area contributed by atoms with E-state index in [9.17, 15) is 4.79 Å². The third-order valence-corrected chi connectivity index (χ3v) is 2.89. The molecule has 0 saturated heterocycles. The van der Waals surface area contributed by atoms with Gasteiger partial charge in [0.25, 0.3) is 0 Å². The number of aromatic nitrogens is 1. The van der Waals surface area contributed by atoms with E-state index < -0.39 is 0 Å². The summed E-state index contributed by atoms with van der Waals surface area (Å²) in [6.07, 6.45) is 2.94. The monoisotopic (exact) mass is 263 g/mol. The molecule has 1 heterocycles. The van der Waals surface area contributed by atoms with Crippen LogP contribution in [0, 0.1) is 12.3 Å². The lowest BCUT2D eigenvalue weighted by Gasteiger charge is -2.22. The summed E-state index contributed by atoms with van der Waals surface area (Å²) < 4.78 is 0. The van der Waals surface area contributed by atoms with Crippen molar-refractivity contribution in [3.05, 3.63) is 29.6 Å². The number of rotatable bonds is 5. The van der Waals surface area contributed by atoms with Crippen molar-refractivity contribution in [3.63, 3.8) is 0 Å². The largest absolute Gasteiger partial charge is 0.350 e. The number of amides is 1. The van der Waals surface area contributed by atoms with Gasteiger partial charge in [-0.05, 0) is 30.4 Å². The minimum absolute atomic E-state index is 0.0122. The second-order valence-electron chi connectivity index (χ2n) is 6.27. The van der Waals surface area contributed by atoms with Crippen molar-refractivity contribution in [2.75, 3.05) is 0 Å². The number of pyridine rings is 1. The van der Waals surface area contributed by atoms with Gasteiger partial charge < -0.3 is 11.1 Å². The van der Waals surface area contributed by atoms with Crippen molar-refractivity contribution >= 4 is 5.91 Å². The van der Waals surface area contributed by atoms with Gasteiger partial charge in [-0.2, -0.15) is 0 Å². The lowest BCUT2D eigenvalue weighted by molar-refractivity contribution is -0.121. The van der Waals surface area contributed by atoms with Gasteiger partial charge >= 0.3 is 0 Å². The molecular weight excluding hydrogens is 238 g/mol. The Morgan fingerprint density at radius 1 is 1.47 bits per heavy atom. The van der Waals surface area contributed by atoms with Gasteiger partial charge in [0, 0.05) is 18.7 Å². The van der Waals surface area contributed by atoms with E-state index in [1.807, 2.05) is 19.1 Å². The van der Waals surface area contributed by atoms with Crippen molar-refractivity contribution in [1.82, 2.24) is 10.3 Å². The fraction of sp³-hybridized carbons (Fsp3) is 0.600. The third-order valence-electron chi connectivity index (χ3n) is 2.89. The summed E-state index contributed by atoms with van der Waals surface area (Å²) in [4.78, 5) is 16.0. The van der Waals surface area contributed by atoms with E-state index in [-0.39, 0.29) is 17.4 Å². The number of hydrogen-bond acceptors (Lipinski definition) is 3. The minimum atomic E-state index is -0.0928. The van der Waals surface area contributed by atoms with Crippen LogP contribution in [0.2, 0.25) is 0 Å². The fourth-order valence-corrected chi connectivity index (χ4v) is 2.05. The lowest BCUT2D eigenvalue weighted by Crippen LogP contribution is -2.34. The van der Waals surface area contributed by atoms with Crippen LogP contribution >= 0.6 is 0 Å². The molecular formula is C15H25N3O. The van der Waals surface area contributed by atoms with E-state index in [0.29, 0.717) is 13.0 Å². The van der Waals surface area contributed by atoms with Crippen LogP contribution in [0.1, 0.15) is 44.9 Å². The maximum Gasteiger partial charge on any atom is 0.221 e. The van der Waals surface area contributed by atoms with Crippen molar-refractivity contribution in [1.29, 1.82) is 0 Å². The molecule has 0 aliphatic carbocycles. The number of nitrogens with two attached hydrogens (primary N) is 1. The molecule has 0 saturated carbocycles. The fourth-order valence-electron chi connectivity index (χ4n) is 2.05. The molecule has 0 spiro atoms. The molecule has 4 heteroatoms. The summed E-state index contributed by atoms with van der Waals surface area (Å²) in [5.41, 5.74) is 8.12. The van der Waals surface area contributed by atoms with Crippen LogP contribution in [-0.2, 0) is 11.3 Å². The van der Waals surface area contributed by atoms with Crippen LogP contribution in [-0.4, -0.2) is 16.9 Å². The molecule has 1 unspecified atom stereocenters. The molecule has 106 valence electrons. The highest BCUT2D eigenvalue weighted by Crippen LogP contribution is 2.20. The Kier molecular flexibility index (Phi) is 5.48. The lowest BCUT2D eigenvalue weighted by atomic mass is 9.87. The summed E-state index contributed by atoms with van der Waals surface area (Å²) in [5, 5.41) is 2.88. The van der Waals surface area contributed by atoms with Gasteiger partial charge in [-0.25, -0.2) is 0 Å². The Morgan fingerprint density at radius 3 is 2.74 bits per heavy atom. The summed E-state index contributed by atoms with van der Waals surface area (Å²) in [7, 11) is 0. The number of carbonyl (C=O) groups is 1. The van der Waals surface area contributed by atoms with Crippen molar-refractivity contribution in [2.24, 2.45) is 11.1 Å². The first-order chi connectivity index (χ1) is 8.78. The van der Waals surface area contributed by atoms with E-state index in [4.69, 9.17) is 5.73 Å². The van der Waals surface area contributed by atoms with E-state index >= 15 is 0 Å². The average Bonchev–Trinajstić information content (AvgIpc) is 2.25. The number of aryl methyl sites for hydroxylation is 1. The molecule has 0 aromatic carbocycles. The second kappa shape index (κ2) is 6.66. The number of hydrogen-bond donors (Lipinski definition) is 2. The van der Waals surface area contributed by atoms with Crippen molar-refractivity contribution < 1.29 is 4.79 Å². The predicted octanol–water partition coefficient (Wildman–Crippen LogP) is 2.16. The average molecular weight is 263 g/mol. The van der Waals surface area contributed by atoms with Gasteiger partial charge in [-0.1, -0.05) is 26.8 Å². The first-order valence-electron chi connectivity index (χ1n) is 6.71. The highest BCUT2D eigenvalue weighted by Gasteiger charge is 2.18. The SMILES string of the molecule is Cc1cccnc1CNC(=O)CC(N)CC(C)(C)C. The van der Waals surface area contributed by atoms with Gasteiger partial charge in [0.2, 0.25) is 5.91 Å². The highest BCUT2D eigenvalue weighted by molar-refractivity contribution is 5.76. The standard InChI is InChI=1S/C15H25N3O/c1-11-6-5-7-17-13(11)10-18-14(19)8-12(16)9-15(2,3)4/h5-7,12H,8-10,16H2,1-4H3,(H,18,19). The third kappa shape index (κ3) is 6.34. The van der Waals surface area contributed by atoms with E-state index in [2.05, 4.69) is 31.1 Å². The Bertz CT molecular complexity index is 424. The van der Waals surface area contributed by atoms with Crippen molar-refractivity contribution in [3.8, 4) is 0 Å². The molecule has 4 nitrogen and oxygen atoms in total. The van der Waals surface area contributed by atoms with Gasteiger partial charge in [-0.15, -0.1) is 0 Å². The molecule has 3 N–H and O–H groups in total. The van der Waals surface area contributed by atoms with Crippen LogP contribution in [0.15, 0.2) is 18.3 Å². The van der Waals surface area contributed by atoms with Gasteiger partial charge in [-0.3, -0.25) is 9.78 Å². The zero-order chi connectivity index (χ0) is 14.5. The molecule has 19 heavy (non-hydrogen) atoms. The molecule has 0 bridgehead atoms. The first-order valence-corrected chi connectivity index (χ1v) is 6.71. The first kappa shape index (κ1) is 15.6. The Morgan fingerprint density at radius 2 is 2.16 bits per heavy atom. The second-order valence-corrected chi connectivity index (χ2v) is 6.27. The topological polar surface area (TPSA) is 68.0 Å². The van der Waals surface area contributed by atoms with Crippen LogP contribution < -0.4 is 11.1 Å². The molecule has 1 atom stereocenters. The molecule has 1 amide bonds. The molecule has 0 radical (unpaired) electrons. The van der Waals surface area contributed by atoms with E-state index in [0.717, 1.165) is 17.7 Å². The van der Waals surface area contributed by atoms with Gasteiger partial charge in [0.1, 0.15) is 0 Å². The Labute approximate surface area is 115 Å². The maximum atomic E-state index is 11.8. The van der Waals surface area contributed by atoms with Crippen LogP contribution in [0.5, 0.6) is 0 Å². The summed E-state index contributed by atoms with van der Waals surface area (Å²) in [5.74, 6) is -0.0122. The number of carbonyl (C=O) groups excluding carboxylic acids is 1. The highest BCUT2D eigenvalue weighted by atomic mass is 16.1. The normalized spacial score (nSPS) is 13.1. The van der Waals surface area contributed by atoms with Crippen LogP contribution in [0.4, 0.5) is 0 Å². The summed E-state index contributed by atoms with van der Waals surface area (Å²) in [6, 6.07) is 3.78. The van der Waals surface area contributed by atoms with Gasteiger partial charge in [0.15, 0.2) is 0 Å². The van der Waals surface area contributed by atoms with E-state index in [1.165, 1.54) is 0 Å². The quantitative estimate of drug-likeness (QED) is 0.855. The van der Waals surface area contributed by atoms with E-state index in [1.54, 1.807) is 6.20 Å². The number of nitrogens with zero attached hydrogens (tertiary/aromatic N) is 1. The zero-order valence-electron chi connectivity index (χ0n) is 12.4. The van der Waals surface area contributed by atoms with Gasteiger partial charge in [0.05, 0.1) is 12.2 Å². The molecule has 1 aromatic heterocycles. The zero-order valence-corrected chi connectivity index (χ0v) is 12.4.